The highest BCUT2D eigenvalue weighted by molar-refractivity contribution is 5.18. The zero-order valence-electron chi connectivity index (χ0n) is 9.22. The second-order valence-electron chi connectivity index (χ2n) is 3.08. The summed E-state index contributed by atoms with van der Waals surface area (Å²) in [6.07, 6.45) is 3.46. The number of rotatable bonds is 5. The van der Waals surface area contributed by atoms with E-state index in [9.17, 15) is 0 Å². The van der Waals surface area contributed by atoms with Crippen LogP contribution >= 0.6 is 0 Å². The predicted molar refractivity (Wildman–Crippen MR) is 60.7 cm³/mol. The Kier molecular flexibility index (Phi) is 10.2. The van der Waals surface area contributed by atoms with Crippen LogP contribution in [-0.4, -0.2) is 23.6 Å². The molecule has 1 aromatic rings. The first-order chi connectivity index (χ1) is 7.31. The number of aliphatic hydroxyl groups is 1. The number of benzene rings is 1. The minimum absolute atomic E-state index is 0.135. The number of aromatic hydroxyl groups is 1. The Morgan fingerprint density at radius 3 is 2.20 bits per heavy atom. The van der Waals surface area contributed by atoms with Gasteiger partial charge in [-0.1, -0.05) is 38.0 Å². The van der Waals surface area contributed by atoms with Gasteiger partial charge in [0.05, 0.1) is 0 Å². The van der Waals surface area contributed by atoms with Crippen LogP contribution in [0.4, 0.5) is 0 Å². The Balaban J connectivity index is 0.000000262. The number of para-hydroxylation sites is 1. The summed E-state index contributed by atoms with van der Waals surface area (Å²) in [6, 6.07) is 8.71. The van der Waals surface area contributed by atoms with Gasteiger partial charge in [-0.05, 0) is 18.6 Å². The third kappa shape index (κ3) is 10.9. The van der Waals surface area contributed by atoms with Crippen LogP contribution in [0.1, 0.15) is 26.2 Å². The van der Waals surface area contributed by atoms with Crippen LogP contribution in [0, 0.1) is 0 Å². The molecule has 1 aromatic carbocycles. The molecule has 0 atom stereocenters. The number of hydrogen-bond donors (Lipinski definition) is 2. The molecule has 0 radical (unpaired) electrons. The third-order valence-corrected chi connectivity index (χ3v) is 1.74. The lowest BCUT2D eigenvalue weighted by atomic mass is 10.3. The molecule has 0 saturated carbocycles. The first-order valence-electron chi connectivity index (χ1n) is 5.23. The van der Waals surface area contributed by atoms with Crippen LogP contribution in [0.3, 0.4) is 0 Å². The zero-order valence-corrected chi connectivity index (χ0v) is 9.22. The fourth-order valence-corrected chi connectivity index (χ4v) is 0.947. The summed E-state index contributed by atoms with van der Waals surface area (Å²) >= 11 is 0. The summed E-state index contributed by atoms with van der Waals surface area (Å²) in [5.41, 5.74) is 0. The molecule has 0 aliphatic carbocycles. The van der Waals surface area contributed by atoms with Crippen molar-refractivity contribution in [3.8, 4) is 5.75 Å². The molecular weight excluding hydrogens is 192 g/mol. The number of ether oxygens (including phenoxy) is 1. The quantitative estimate of drug-likeness (QED) is 0.582. The van der Waals surface area contributed by atoms with Crippen molar-refractivity contribution in [2.24, 2.45) is 0 Å². The third-order valence-electron chi connectivity index (χ3n) is 1.74. The van der Waals surface area contributed by atoms with Gasteiger partial charge in [-0.25, -0.2) is 0 Å². The molecule has 0 heterocycles. The minimum Gasteiger partial charge on any atom is -0.508 e. The maximum absolute atomic E-state index is 8.63. The van der Waals surface area contributed by atoms with Gasteiger partial charge in [0.15, 0.2) is 0 Å². The minimum atomic E-state index is -0.135. The SMILES string of the molecule is CCCCCOCO.Oc1ccccc1. The Morgan fingerprint density at radius 1 is 1.13 bits per heavy atom. The van der Waals surface area contributed by atoms with Crippen molar-refractivity contribution in [2.45, 2.75) is 26.2 Å². The first kappa shape index (κ1) is 13.9. The van der Waals surface area contributed by atoms with E-state index in [1.807, 2.05) is 6.07 Å². The van der Waals surface area contributed by atoms with Crippen LogP contribution in [0.15, 0.2) is 30.3 Å². The van der Waals surface area contributed by atoms with Gasteiger partial charge < -0.3 is 14.9 Å². The molecule has 0 aromatic heterocycles. The van der Waals surface area contributed by atoms with Gasteiger partial charge in [0.2, 0.25) is 0 Å². The summed E-state index contributed by atoms with van der Waals surface area (Å²) in [4.78, 5) is 0. The topological polar surface area (TPSA) is 49.7 Å². The van der Waals surface area contributed by atoms with Gasteiger partial charge in [0.1, 0.15) is 12.5 Å². The van der Waals surface area contributed by atoms with Crippen LogP contribution in [0.25, 0.3) is 0 Å². The van der Waals surface area contributed by atoms with Gasteiger partial charge in [0.25, 0.3) is 0 Å². The van der Waals surface area contributed by atoms with Crippen LogP contribution < -0.4 is 0 Å². The smallest absolute Gasteiger partial charge is 0.143 e. The van der Waals surface area contributed by atoms with Crippen molar-refractivity contribution in [1.29, 1.82) is 0 Å². The highest BCUT2D eigenvalue weighted by atomic mass is 16.6. The molecule has 3 heteroatoms. The summed E-state index contributed by atoms with van der Waals surface area (Å²) in [5, 5.41) is 16.8. The summed E-state index contributed by atoms with van der Waals surface area (Å²) < 4.78 is 4.69. The average Bonchev–Trinajstić information content (AvgIpc) is 2.27. The molecule has 0 aliphatic rings. The molecule has 3 nitrogen and oxygen atoms in total. The van der Waals surface area contributed by atoms with Gasteiger partial charge in [0, 0.05) is 6.61 Å². The fourth-order valence-electron chi connectivity index (χ4n) is 0.947. The summed E-state index contributed by atoms with van der Waals surface area (Å²) in [5.74, 6) is 0.322. The lowest BCUT2D eigenvalue weighted by Gasteiger charge is -1.96. The lowest BCUT2D eigenvalue weighted by Crippen LogP contribution is -1.94. The van der Waals surface area contributed by atoms with E-state index in [0.717, 1.165) is 6.42 Å². The molecular formula is C12H20O3. The highest BCUT2D eigenvalue weighted by Gasteiger charge is 1.83. The molecule has 0 aliphatic heterocycles. The highest BCUT2D eigenvalue weighted by Crippen LogP contribution is 2.02. The van der Waals surface area contributed by atoms with Crippen molar-refractivity contribution in [1.82, 2.24) is 0 Å². The van der Waals surface area contributed by atoms with Crippen molar-refractivity contribution in [3.05, 3.63) is 30.3 Å². The van der Waals surface area contributed by atoms with E-state index in [4.69, 9.17) is 14.9 Å². The van der Waals surface area contributed by atoms with Gasteiger partial charge in [-0.3, -0.25) is 0 Å². The summed E-state index contributed by atoms with van der Waals surface area (Å²) in [6.45, 7) is 2.70. The van der Waals surface area contributed by atoms with E-state index in [0.29, 0.717) is 12.4 Å². The second-order valence-corrected chi connectivity index (χ2v) is 3.08. The molecule has 0 saturated heterocycles. The molecule has 15 heavy (non-hydrogen) atoms. The first-order valence-corrected chi connectivity index (χ1v) is 5.23. The standard InChI is InChI=1S/C6H14O2.C6H6O/c1-2-3-4-5-8-6-7;7-6-4-2-1-3-5-6/h7H,2-6H2,1H3;1-5,7H. The second kappa shape index (κ2) is 11.0. The van der Waals surface area contributed by atoms with Crippen molar-refractivity contribution in [2.75, 3.05) is 13.4 Å². The molecule has 0 amide bonds. The Morgan fingerprint density at radius 2 is 1.80 bits per heavy atom. The van der Waals surface area contributed by atoms with Crippen LogP contribution in [0.5, 0.6) is 5.75 Å². The number of aliphatic hydroxyl groups excluding tert-OH is 1. The average molecular weight is 212 g/mol. The van der Waals surface area contributed by atoms with E-state index >= 15 is 0 Å². The Bertz CT molecular complexity index is 205. The molecule has 0 unspecified atom stereocenters. The normalized spacial score (nSPS) is 9.20. The Labute approximate surface area is 91.3 Å². The number of phenolic OH excluding ortho intramolecular Hbond substituents is 1. The van der Waals surface area contributed by atoms with E-state index < -0.39 is 0 Å². The van der Waals surface area contributed by atoms with E-state index in [2.05, 4.69) is 6.92 Å². The fraction of sp³-hybridized carbons (Fsp3) is 0.500. The summed E-state index contributed by atoms with van der Waals surface area (Å²) in [7, 11) is 0. The van der Waals surface area contributed by atoms with Crippen LogP contribution in [-0.2, 0) is 4.74 Å². The molecule has 2 N–H and O–H groups in total. The lowest BCUT2D eigenvalue weighted by molar-refractivity contribution is -0.00272. The maximum atomic E-state index is 8.63. The number of phenols is 1. The van der Waals surface area contributed by atoms with Crippen molar-refractivity contribution in [3.63, 3.8) is 0 Å². The predicted octanol–water partition coefficient (Wildman–Crippen LogP) is 2.54. The van der Waals surface area contributed by atoms with Gasteiger partial charge >= 0.3 is 0 Å². The van der Waals surface area contributed by atoms with E-state index in [1.165, 1.54) is 12.8 Å². The maximum Gasteiger partial charge on any atom is 0.143 e. The molecule has 0 fully saturated rings. The molecule has 0 spiro atoms. The van der Waals surface area contributed by atoms with Gasteiger partial charge in [-0.15, -0.1) is 0 Å². The van der Waals surface area contributed by atoms with Gasteiger partial charge in [-0.2, -0.15) is 0 Å². The monoisotopic (exact) mass is 212 g/mol. The number of hydrogen-bond acceptors (Lipinski definition) is 3. The van der Waals surface area contributed by atoms with Crippen LogP contribution in [0.2, 0.25) is 0 Å². The number of unbranched alkanes of at least 4 members (excludes halogenated alkanes) is 2. The largest absolute Gasteiger partial charge is 0.508 e. The Hall–Kier alpha value is -1.06. The molecule has 86 valence electrons. The van der Waals surface area contributed by atoms with E-state index in [-0.39, 0.29) is 6.79 Å². The van der Waals surface area contributed by atoms with E-state index in [1.54, 1.807) is 24.3 Å². The molecule has 1 rings (SSSR count). The molecule has 0 bridgehead atoms. The zero-order chi connectivity index (χ0) is 11.4. The van der Waals surface area contributed by atoms with Crippen molar-refractivity contribution >= 4 is 0 Å². The van der Waals surface area contributed by atoms with Crippen molar-refractivity contribution < 1.29 is 14.9 Å².